The minimum atomic E-state index is -1.23. The first kappa shape index (κ1) is 14.4. The van der Waals surface area contributed by atoms with Crippen LogP contribution in [0, 0.1) is 0 Å². The number of carboxylic acids is 1. The van der Waals surface area contributed by atoms with Crippen molar-refractivity contribution in [3.63, 3.8) is 0 Å². The minimum absolute atomic E-state index is 0.0426. The van der Waals surface area contributed by atoms with Gasteiger partial charge in [-0.1, -0.05) is 11.3 Å². The highest BCUT2D eigenvalue weighted by atomic mass is 32.1. The molecule has 1 saturated heterocycles. The number of Topliss-reactive ketones (excluding diaryl/α,β-unsaturated/α-hetero) is 1. The fourth-order valence-electron chi connectivity index (χ4n) is 1.98. The van der Waals surface area contributed by atoms with Crippen molar-refractivity contribution in [2.24, 2.45) is 0 Å². The lowest BCUT2D eigenvalue weighted by molar-refractivity contribution is -0.127. The van der Waals surface area contributed by atoms with Gasteiger partial charge in [0.1, 0.15) is 4.88 Å². The summed E-state index contributed by atoms with van der Waals surface area (Å²) in [5, 5.41) is 9.49. The molecule has 0 unspecified atom stereocenters. The fourth-order valence-corrected chi connectivity index (χ4v) is 2.96. The first-order valence-corrected chi connectivity index (χ1v) is 6.95. The van der Waals surface area contributed by atoms with E-state index in [4.69, 9.17) is 5.11 Å². The van der Waals surface area contributed by atoms with Gasteiger partial charge in [-0.05, 0) is 6.42 Å². The lowest BCUT2D eigenvalue weighted by atomic mass is 10.3. The van der Waals surface area contributed by atoms with Crippen molar-refractivity contribution < 1.29 is 19.5 Å². The number of anilines is 1. The Morgan fingerprint density at radius 3 is 2.60 bits per heavy atom. The maximum absolute atomic E-state index is 11.8. The smallest absolute Gasteiger partial charge is 0.356 e. The Morgan fingerprint density at radius 2 is 2.05 bits per heavy atom. The highest BCUT2D eigenvalue weighted by Gasteiger charge is 2.26. The second-order valence-corrected chi connectivity index (χ2v) is 5.60. The van der Waals surface area contributed by atoms with Gasteiger partial charge in [0.15, 0.2) is 16.6 Å². The zero-order valence-electron chi connectivity index (χ0n) is 11.3. The van der Waals surface area contributed by atoms with Gasteiger partial charge in [-0.15, -0.1) is 0 Å². The molecule has 8 heteroatoms. The monoisotopic (exact) mass is 297 g/mol. The Kier molecular flexibility index (Phi) is 4.03. The molecule has 1 fully saturated rings. The summed E-state index contributed by atoms with van der Waals surface area (Å²) in [5.74, 6) is -1.60. The molecule has 1 N–H and O–H groups in total. The number of aromatic nitrogens is 1. The fraction of sp³-hybridized carbons (Fsp3) is 0.500. The molecule has 0 radical (unpaired) electrons. The summed E-state index contributed by atoms with van der Waals surface area (Å²) in [7, 11) is 1.73. The third-order valence-corrected chi connectivity index (χ3v) is 4.30. The van der Waals surface area contributed by atoms with Gasteiger partial charge >= 0.3 is 5.97 Å². The van der Waals surface area contributed by atoms with Gasteiger partial charge in [-0.2, -0.15) is 0 Å². The molecule has 2 rings (SSSR count). The minimum Gasteiger partial charge on any atom is -0.476 e. The van der Waals surface area contributed by atoms with Gasteiger partial charge in [-0.3, -0.25) is 9.59 Å². The molecule has 1 aromatic rings. The molecule has 0 aliphatic carbocycles. The number of carbonyl (C=O) groups excluding carboxylic acids is 2. The Morgan fingerprint density at radius 1 is 1.35 bits per heavy atom. The zero-order chi connectivity index (χ0) is 14.9. The predicted molar refractivity (Wildman–Crippen MR) is 73.5 cm³/mol. The van der Waals surface area contributed by atoms with Crippen LogP contribution >= 0.6 is 11.3 Å². The summed E-state index contributed by atoms with van der Waals surface area (Å²) in [5.41, 5.74) is -0.234. The Labute approximate surface area is 119 Å². The molecule has 0 atom stereocenters. The van der Waals surface area contributed by atoms with Gasteiger partial charge in [0.25, 0.3) is 0 Å². The van der Waals surface area contributed by atoms with Crippen LogP contribution in [0.5, 0.6) is 0 Å². The first-order valence-electron chi connectivity index (χ1n) is 6.14. The van der Waals surface area contributed by atoms with Gasteiger partial charge in [0.2, 0.25) is 5.91 Å². The maximum atomic E-state index is 11.8. The van der Waals surface area contributed by atoms with E-state index in [2.05, 4.69) is 4.98 Å². The van der Waals surface area contributed by atoms with Crippen molar-refractivity contribution in [2.45, 2.75) is 13.3 Å². The van der Waals surface area contributed by atoms with Crippen molar-refractivity contribution >= 4 is 34.1 Å². The van der Waals surface area contributed by atoms with E-state index in [1.54, 1.807) is 16.8 Å². The molecular weight excluding hydrogens is 282 g/mol. The van der Waals surface area contributed by atoms with Gasteiger partial charge in [0.05, 0.1) is 6.54 Å². The quantitative estimate of drug-likeness (QED) is 0.826. The van der Waals surface area contributed by atoms with Crippen LogP contribution in [0.15, 0.2) is 0 Å². The molecule has 1 aliphatic rings. The van der Waals surface area contributed by atoms with E-state index < -0.39 is 5.97 Å². The van der Waals surface area contributed by atoms with Crippen LogP contribution in [0.3, 0.4) is 0 Å². The first-order chi connectivity index (χ1) is 9.40. The van der Waals surface area contributed by atoms with Crippen LogP contribution in [-0.4, -0.2) is 59.3 Å². The Balaban J connectivity index is 2.33. The molecule has 0 saturated carbocycles. The van der Waals surface area contributed by atoms with Crippen molar-refractivity contribution in [2.75, 3.05) is 31.6 Å². The SMILES string of the molecule is CC(=O)c1sc(N2CCCN(C)C(=O)C2)nc1C(=O)O. The van der Waals surface area contributed by atoms with E-state index >= 15 is 0 Å². The topological polar surface area (TPSA) is 90.8 Å². The third kappa shape index (κ3) is 2.79. The van der Waals surface area contributed by atoms with E-state index in [9.17, 15) is 14.4 Å². The van der Waals surface area contributed by atoms with E-state index in [-0.39, 0.29) is 28.8 Å². The molecule has 1 aromatic heterocycles. The lowest BCUT2D eigenvalue weighted by Crippen LogP contribution is -2.34. The standard InChI is InChI=1S/C12H15N3O4S/c1-7(16)10-9(11(18)19)13-12(20-10)15-5-3-4-14(2)8(17)6-15/h3-6H2,1-2H3,(H,18,19). The molecule has 7 nitrogen and oxygen atoms in total. The summed E-state index contributed by atoms with van der Waals surface area (Å²) in [6, 6.07) is 0. The van der Waals surface area contributed by atoms with E-state index in [0.29, 0.717) is 18.2 Å². The van der Waals surface area contributed by atoms with Crippen LogP contribution in [0.2, 0.25) is 0 Å². The number of aromatic carboxylic acids is 1. The van der Waals surface area contributed by atoms with Crippen molar-refractivity contribution in [1.82, 2.24) is 9.88 Å². The lowest BCUT2D eigenvalue weighted by Gasteiger charge is -2.18. The van der Waals surface area contributed by atoms with Crippen LogP contribution in [0.1, 0.15) is 33.5 Å². The predicted octanol–water partition coefficient (Wildman–Crippen LogP) is 0.712. The third-order valence-electron chi connectivity index (χ3n) is 3.08. The van der Waals surface area contributed by atoms with Gasteiger partial charge in [-0.25, -0.2) is 9.78 Å². The number of ketones is 1. The summed E-state index contributed by atoms with van der Waals surface area (Å²) in [6.45, 7) is 2.73. The van der Waals surface area contributed by atoms with E-state index in [0.717, 1.165) is 17.8 Å². The number of nitrogens with zero attached hydrogens (tertiary/aromatic N) is 3. The highest BCUT2D eigenvalue weighted by Crippen LogP contribution is 2.27. The number of hydrogen-bond donors (Lipinski definition) is 1. The number of likely N-dealkylation sites (N-methyl/N-ethyl adjacent to an activating group) is 1. The summed E-state index contributed by atoms with van der Waals surface area (Å²) >= 11 is 1.03. The van der Waals surface area contributed by atoms with Gasteiger partial charge in [0, 0.05) is 27.1 Å². The summed E-state index contributed by atoms with van der Waals surface area (Å²) in [6.07, 6.45) is 0.777. The largest absolute Gasteiger partial charge is 0.476 e. The molecule has 0 spiro atoms. The summed E-state index contributed by atoms with van der Waals surface area (Å²) in [4.78, 5) is 41.9. The second kappa shape index (κ2) is 5.58. The van der Waals surface area contributed by atoms with E-state index in [1.165, 1.54) is 6.92 Å². The number of carbonyl (C=O) groups is 3. The number of rotatable bonds is 3. The number of carboxylic acid groups (broad SMARTS) is 1. The molecule has 20 heavy (non-hydrogen) atoms. The van der Waals surface area contributed by atoms with Crippen molar-refractivity contribution in [3.05, 3.63) is 10.6 Å². The second-order valence-electron chi connectivity index (χ2n) is 4.63. The maximum Gasteiger partial charge on any atom is 0.356 e. The average Bonchev–Trinajstić information content (AvgIpc) is 2.75. The molecule has 108 valence electrons. The summed E-state index contributed by atoms with van der Waals surface area (Å²) < 4.78 is 0. The van der Waals surface area contributed by atoms with Crippen LogP contribution in [0.4, 0.5) is 5.13 Å². The molecule has 0 aromatic carbocycles. The molecular formula is C12H15N3O4S. The average molecular weight is 297 g/mol. The molecule has 1 amide bonds. The highest BCUT2D eigenvalue weighted by molar-refractivity contribution is 7.17. The number of hydrogen-bond acceptors (Lipinski definition) is 6. The Bertz CT molecular complexity index is 538. The van der Waals surface area contributed by atoms with Crippen LogP contribution in [-0.2, 0) is 4.79 Å². The van der Waals surface area contributed by atoms with Crippen molar-refractivity contribution in [1.29, 1.82) is 0 Å². The molecule has 2 heterocycles. The number of amides is 1. The zero-order valence-corrected chi connectivity index (χ0v) is 12.1. The molecule has 1 aliphatic heterocycles. The number of thiazole rings is 1. The Hall–Kier alpha value is -1.96. The molecule has 0 bridgehead atoms. The van der Waals surface area contributed by atoms with Crippen molar-refractivity contribution in [3.8, 4) is 0 Å². The van der Waals surface area contributed by atoms with Gasteiger partial charge < -0.3 is 14.9 Å². The van der Waals surface area contributed by atoms with Crippen LogP contribution < -0.4 is 4.90 Å². The van der Waals surface area contributed by atoms with Crippen LogP contribution in [0.25, 0.3) is 0 Å². The van der Waals surface area contributed by atoms with E-state index in [1.807, 2.05) is 0 Å². The normalized spacial score (nSPS) is 16.2.